The molecule has 68 valence electrons. The highest BCUT2D eigenvalue weighted by Gasteiger charge is 2.36. The SMILES string of the molecule is C=C(CN1CC(C)(O)C1)C(=O)O. The van der Waals surface area contributed by atoms with Crippen LogP contribution in [0.4, 0.5) is 0 Å². The lowest BCUT2D eigenvalue weighted by molar-refractivity contribution is -0.134. The molecular formula is C8H13NO3. The fourth-order valence-corrected chi connectivity index (χ4v) is 1.37. The Morgan fingerprint density at radius 3 is 2.50 bits per heavy atom. The van der Waals surface area contributed by atoms with E-state index in [9.17, 15) is 9.90 Å². The Morgan fingerprint density at radius 2 is 2.17 bits per heavy atom. The zero-order chi connectivity index (χ0) is 9.35. The molecule has 0 aliphatic carbocycles. The van der Waals surface area contributed by atoms with Gasteiger partial charge in [0.15, 0.2) is 0 Å². The highest BCUT2D eigenvalue weighted by Crippen LogP contribution is 2.20. The van der Waals surface area contributed by atoms with Crippen molar-refractivity contribution in [3.8, 4) is 0 Å². The minimum absolute atomic E-state index is 0.172. The van der Waals surface area contributed by atoms with E-state index in [-0.39, 0.29) is 5.57 Å². The van der Waals surface area contributed by atoms with Gasteiger partial charge in [-0.2, -0.15) is 0 Å². The number of rotatable bonds is 3. The molecule has 0 radical (unpaired) electrons. The zero-order valence-electron chi connectivity index (χ0n) is 7.08. The lowest BCUT2D eigenvalue weighted by atomic mass is 9.96. The minimum atomic E-state index is -0.971. The van der Waals surface area contributed by atoms with Gasteiger partial charge < -0.3 is 10.2 Å². The number of likely N-dealkylation sites (tertiary alicyclic amines) is 1. The van der Waals surface area contributed by atoms with Crippen LogP contribution >= 0.6 is 0 Å². The summed E-state index contributed by atoms with van der Waals surface area (Å²) in [7, 11) is 0. The maximum atomic E-state index is 10.3. The molecule has 1 aliphatic rings. The van der Waals surface area contributed by atoms with Crippen LogP contribution in [0.15, 0.2) is 12.2 Å². The van der Waals surface area contributed by atoms with Gasteiger partial charge in [0.25, 0.3) is 0 Å². The third kappa shape index (κ3) is 2.06. The number of aliphatic hydroxyl groups is 1. The van der Waals surface area contributed by atoms with Gasteiger partial charge in [-0.05, 0) is 6.92 Å². The molecule has 4 heteroatoms. The lowest BCUT2D eigenvalue weighted by Crippen LogP contribution is -2.60. The van der Waals surface area contributed by atoms with Crippen LogP contribution < -0.4 is 0 Å². The number of carboxylic acid groups (broad SMARTS) is 1. The fourth-order valence-electron chi connectivity index (χ4n) is 1.37. The molecule has 0 amide bonds. The smallest absolute Gasteiger partial charge is 0.332 e. The van der Waals surface area contributed by atoms with Gasteiger partial charge in [-0.25, -0.2) is 4.79 Å². The molecule has 0 unspecified atom stereocenters. The molecule has 0 aromatic rings. The molecule has 1 rings (SSSR count). The maximum Gasteiger partial charge on any atom is 0.332 e. The van der Waals surface area contributed by atoms with E-state index in [2.05, 4.69) is 6.58 Å². The molecule has 0 atom stereocenters. The van der Waals surface area contributed by atoms with Crippen molar-refractivity contribution in [1.82, 2.24) is 4.90 Å². The number of hydrogen-bond acceptors (Lipinski definition) is 3. The van der Waals surface area contributed by atoms with E-state index < -0.39 is 11.6 Å². The van der Waals surface area contributed by atoms with Gasteiger partial charge in [0.05, 0.1) is 5.60 Å². The summed E-state index contributed by atoms with van der Waals surface area (Å²) in [6.07, 6.45) is 0. The molecular weight excluding hydrogens is 158 g/mol. The molecule has 1 saturated heterocycles. The van der Waals surface area contributed by atoms with E-state index in [1.807, 2.05) is 4.90 Å². The van der Waals surface area contributed by atoms with Crippen LogP contribution in [0.25, 0.3) is 0 Å². The fraction of sp³-hybridized carbons (Fsp3) is 0.625. The van der Waals surface area contributed by atoms with Crippen molar-refractivity contribution in [2.45, 2.75) is 12.5 Å². The largest absolute Gasteiger partial charge is 0.478 e. The molecule has 0 bridgehead atoms. The molecule has 0 aromatic carbocycles. The van der Waals surface area contributed by atoms with E-state index in [1.165, 1.54) is 0 Å². The Kier molecular flexibility index (Phi) is 2.21. The molecule has 0 aromatic heterocycles. The maximum absolute atomic E-state index is 10.3. The van der Waals surface area contributed by atoms with Crippen molar-refractivity contribution in [2.75, 3.05) is 19.6 Å². The van der Waals surface area contributed by atoms with Crippen LogP contribution in [0.1, 0.15) is 6.92 Å². The van der Waals surface area contributed by atoms with Crippen molar-refractivity contribution in [3.63, 3.8) is 0 Å². The summed E-state index contributed by atoms with van der Waals surface area (Å²) >= 11 is 0. The van der Waals surface area contributed by atoms with E-state index in [4.69, 9.17) is 5.11 Å². The van der Waals surface area contributed by atoms with E-state index in [0.29, 0.717) is 19.6 Å². The summed E-state index contributed by atoms with van der Waals surface area (Å²) in [5.74, 6) is -0.971. The normalized spacial score (nSPS) is 21.5. The average Bonchev–Trinajstić information content (AvgIpc) is 1.83. The second kappa shape index (κ2) is 2.88. The van der Waals surface area contributed by atoms with Crippen LogP contribution in [0, 0.1) is 0 Å². The Bertz CT molecular complexity index is 214. The molecule has 0 saturated carbocycles. The van der Waals surface area contributed by atoms with E-state index in [1.54, 1.807) is 6.92 Å². The second-order valence-electron chi connectivity index (χ2n) is 3.55. The van der Waals surface area contributed by atoms with Gasteiger partial charge in [-0.3, -0.25) is 4.90 Å². The molecule has 2 N–H and O–H groups in total. The highest BCUT2D eigenvalue weighted by atomic mass is 16.4. The van der Waals surface area contributed by atoms with E-state index >= 15 is 0 Å². The quantitative estimate of drug-likeness (QED) is 0.572. The van der Waals surface area contributed by atoms with Gasteiger partial charge in [-0.15, -0.1) is 0 Å². The van der Waals surface area contributed by atoms with Gasteiger partial charge in [0.1, 0.15) is 0 Å². The van der Waals surface area contributed by atoms with Crippen LogP contribution in [-0.4, -0.2) is 46.3 Å². The molecule has 1 fully saturated rings. The van der Waals surface area contributed by atoms with Crippen LogP contribution in [0.2, 0.25) is 0 Å². The van der Waals surface area contributed by atoms with Gasteiger partial charge >= 0.3 is 5.97 Å². The van der Waals surface area contributed by atoms with Crippen molar-refractivity contribution in [1.29, 1.82) is 0 Å². The molecule has 0 spiro atoms. The first-order valence-corrected chi connectivity index (χ1v) is 3.76. The Labute approximate surface area is 71.1 Å². The molecule has 1 aliphatic heterocycles. The van der Waals surface area contributed by atoms with Gasteiger partial charge in [0.2, 0.25) is 0 Å². The van der Waals surface area contributed by atoms with Crippen LogP contribution in [0.5, 0.6) is 0 Å². The van der Waals surface area contributed by atoms with Crippen molar-refractivity contribution in [2.24, 2.45) is 0 Å². The minimum Gasteiger partial charge on any atom is -0.478 e. The standard InChI is InChI=1S/C8H13NO3/c1-6(7(10)11)3-9-4-8(2,12)5-9/h12H,1,3-5H2,2H3,(H,10,11). The van der Waals surface area contributed by atoms with Gasteiger partial charge in [-0.1, -0.05) is 6.58 Å². The summed E-state index contributed by atoms with van der Waals surface area (Å²) in [4.78, 5) is 12.2. The van der Waals surface area contributed by atoms with Crippen molar-refractivity contribution < 1.29 is 15.0 Å². The molecule has 1 heterocycles. The topological polar surface area (TPSA) is 60.8 Å². The Morgan fingerprint density at radius 1 is 1.67 bits per heavy atom. The second-order valence-corrected chi connectivity index (χ2v) is 3.55. The first-order valence-electron chi connectivity index (χ1n) is 3.76. The number of hydrogen-bond donors (Lipinski definition) is 2. The number of β-amino-alcohol motifs (C(OH)–C–C–N with tert-alkyl or cyclic N) is 1. The van der Waals surface area contributed by atoms with Crippen molar-refractivity contribution in [3.05, 3.63) is 12.2 Å². The summed E-state index contributed by atoms with van der Waals surface area (Å²) in [5, 5.41) is 17.8. The summed E-state index contributed by atoms with van der Waals surface area (Å²) in [5.41, 5.74) is -0.468. The monoisotopic (exact) mass is 171 g/mol. The number of carboxylic acids is 1. The highest BCUT2D eigenvalue weighted by molar-refractivity contribution is 5.86. The number of nitrogens with zero attached hydrogens (tertiary/aromatic N) is 1. The van der Waals surface area contributed by atoms with Crippen LogP contribution in [0.3, 0.4) is 0 Å². The van der Waals surface area contributed by atoms with Crippen molar-refractivity contribution >= 4 is 5.97 Å². The average molecular weight is 171 g/mol. The summed E-state index contributed by atoms with van der Waals surface area (Å²) in [6.45, 7) is 6.52. The zero-order valence-corrected chi connectivity index (χ0v) is 7.08. The lowest BCUT2D eigenvalue weighted by Gasteiger charge is -2.44. The predicted octanol–water partition coefficient (Wildman–Crippen LogP) is -0.306. The number of carbonyl (C=O) groups is 1. The third-order valence-corrected chi connectivity index (χ3v) is 1.85. The van der Waals surface area contributed by atoms with Gasteiger partial charge in [0, 0.05) is 25.2 Å². The molecule has 4 nitrogen and oxygen atoms in total. The summed E-state index contributed by atoms with van der Waals surface area (Å²) < 4.78 is 0. The first kappa shape index (κ1) is 9.22. The Hall–Kier alpha value is -0.870. The molecule has 12 heavy (non-hydrogen) atoms. The summed E-state index contributed by atoms with van der Waals surface area (Å²) in [6, 6.07) is 0. The van der Waals surface area contributed by atoms with Crippen LogP contribution in [-0.2, 0) is 4.79 Å². The van der Waals surface area contributed by atoms with E-state index in [0.717, 1.165) is 0 Å². The number of aliphatic carboxylic acids is 1. The Balaban J connectivity index is 2.28. The predicted molar refractivity (Wildman–Crippen MR) is 43.8 cm³/mol. The third-order valence-electron chi connectivity index (χ3n) is 1.85. The first-order chi connectivity index (χ1) is 5.41.